The lowest BCUT2D eigenvalue weighted by molar-refractivity contribution is -0.143. The molecule has 0 radical (unpaired) electrons. The van der Waals surface area contributed by atoms with Crippen LogP contribution >= 0.6 is 15.9 Å². The molecule has 2 aliphatic carbocycles. The molecule has 224 valence electrons. The average Bonchev–Trinajstić information content (AvgIpc) is 3.32. The molecule has 4 amide bonds. The van der Waals surface area contributed by atoms with E-state index in [0.717, 1.165) is 9.80 Å². The van der Waals surface area contributed by atoms with E-state index >= 15 is 0 Å². The Labute approximate surface area is 249 Å². The van der Waals surface area contributed by atoms with Crippen LogP contribution in [0.3, 0.4) is 0 Å². The van der Waals surface area contributed by atoms with Gasteiger partial charge in [-0.3, -0.25) is 38.6 Å². The molecule has 0 spiro atoms. The highest BCUT2D eigenvalue weighted by Crippen LogP contribution is 2.59. The van der Waals surface area contributed by atoms with E-state index in [1.807, 2.05) is 6.08 Å². The fourth-order valence-electron chi connectivity index (χ4n) is 7.27. The number of benzene rings is 1. The minimum Gasteiger partial charge on any atom is -0.504 e. The second-order valence-electron chi connectivity index (χ2n) is 11.2. The minimum absolute atomic E-state index is 0.0209. The number of likely N-dealkylation sites (tertiary alicyclic amines) is 2. The Morgan fingerprint density at radius 2 is 1.45 bits per heavy atom. The van der Waals surface area contributed by atoms with Crippen molar-refractivity contribution in [2.75, 3.05) is 20.2 Å². The number of hydrogen-bond donors (Lipinski definition) is 3. The standard InChI is InChI=1S/C29H31BrN2O10/c1-42-19-11-13(30)10-17(25(19)37)22-14-6-7-15-23(28(40)31(26(15)38)8-2-4-20(33)34)16(14)12-18-24(22)29(41)32(27(18)39)9-3-5-21(35)36/h6,10-11,15-16,18,22-24,37H,2-5,7-9,12H2,1H3,(H,33,34)(H,35,36). The smallest absolute Gasteiger partial charge is 0.303 e. The highest BCUT2D eigenvalue weighted by molar-refractivity contribution is 9.10. The third kappa shape index (κ3) is 4.97. The predicted molar refractivity (Wildman–Crippen MR) is 147 cm³/mol. The average molecular weight is 647 g/mol. The summed E-state index contributed by atoms with van der Waals surface area (Å²) in [6.07, 6.45) is 2.00. The number of carboxylic acid groups (broad SMARTS) is 2. The van der Waals surface area contributed by atoms with Gasteiger partial charge >= 0.3 is 11.9 Å². The number of allylic oxidation sites excluding steroid dienone is 2. The topological polar surface area (TPSA) is 179 Å². The Hall–Kier alpha value is -3.74. The maximum absolute atomic E-state index is 13.8. The number of amides is 4. The summed E-state index contributed by atoms with van der Waals surface area (Å²) in [6.45, 7) is -0.0884. The number of aromatic hydroxyl groups is 1. The molecular formula is C29H31BrN2O10. The number of aliphatic carboxylic acids is 2. The first-order chi connectivity index (χ1) is 20.0. The number of phenolic OH excluding ortho intramolecular Hbond substituents is 1. The quantitative estimate of drug-likeness (QED) is 0.253. The number of phenols is 1. The van der Waals surface area contributed by atoms with Crippen LogP contribution in [0.15, 0.2) is 28.3 Å². The van der Waals surface area contributed by atoms with Gasteiger partial charge in [0.1, 0.15) is 0 Å². The Morgan fingerprint density at radius 3 is 2.02 bits per heavy atom. The van der Waals surface area contributed by atoms with Gasteiger partial charge in [0.25, 0.3) is 0 Å². The molecule has 2 heterocycles. The molecule has 42 heavy (non-hydrogen) atoms. The molecule has 12 nitrogen and oxygen atoms in total. The van der Waals surface area contributed by atoms with E-state index in [-0.39, 0.29) is 69.0 Å². The third-order valence-electron chi connectivity index (χ3n) is 9.00. The summed E-state index contributed by atoms with van der Waals surface area (Å²) in [7, 11) is 1.39. The van der Waals surface area contributed by atoms with Gasteiger partial charge in [-0.1, -0.05) is 27.6 Å². The third-order valence-corrected chi connectivity index (χ3v) is 9.46. The number of rotatable bonds is 10. The van der Waals surface area contributed by atoms with E-state index in [0.29, 0.717) is 15.6 Å². The van der Waals surface area contributed by atoms with Crippen molar-refractivity contribution < 1.29 is 48.8 Å². The first kappa shape index (κ1) is 29.7. The summed E-state index contributed by atoms with van der Waals surface area (Å²) in [6, 6.07) is 3.22. The van der Waals surface area contributed by atoms with E-state index in [9.17, 15) is 33.9 Å². The van der Waals surface area contributed by atoms with Crippen LogP contribution < -0.4 is 4.74 Å². The Morgan fingerprint density at radius 1 is 0.881 bits per heavy atom. The molecule has 13 heteroatoms. The number of ether oxygens (including phenoxy) is 1. The number of carboxylic acids is 2. The van der Waals surface area contributed by atoms with Gasteiger partial charge in [0.15, 0.2) is 11.5 Å². The van der Waals surface area contributed by atoms with Crippen LogP contribution in [-0.2, 0) is 28.8 Å². The van der Waals surface area contributed by atoms with Gasteiger partial charge in [0, 0.05) is 41.9 Å². The second kappa shape index (κ2) is 11.5. The van der Waals surface area contributed by atoms with E-state index in [1.54, 1.807) is 12.1 Å². The lowest BCUT2D eigenvalue weighted by Crippen LogP contribution is -2.43. The van der Waals surface area contributed by atoms with Gasteiger partial charge in [-0.15, -0.1) is 0 Å². The van der Waals surface area contributed by atoms with E-state index in [2.05, 4.69) is 15.9 Å². The molecule has 2 aliphatic heterocycles. The van der Waals surface area contributed by atoms with Crippen LogP contribution in [0.25, 0.3) is 0 Å². The Bertz CT molecular complexity index is 1410. The molecule has 6 atom stereocenters. The molecule has 1 saturated carbocycles. The normalized spacial score (nSPS) is 28.4. The van der Waals surface area contributed by atoms with Crippen molar-refractivity contribution in [3.05, 3.63) is 33.8 Å². The van der Waals surface area contributed by atoms with Gasteiger partial charge < -0.3 is 20.1 Å². The zero-order valence-electron chi connectivity index (χ0n) is 22.8. The molecule has 3 fully saturated rings. The van der Waals surface area contributed by atoms with Crippen LogP contribution in [0.4, 0.5) is 0 Å². The highest BCUT2D eigenvalue weighted by Gasteiger charge is 2.62. The Balaban J connectivity index is 1.56. The number of halogens is 1. The first-order valence-electron chi connectivity index (χ1n) is 13.9. The molecule has 1 aromatic rings. The fraction of sp³-hybridized carbons (Fsp3) is 0.517. The largest absolute Gasteiger partial charge is 0.504 e. The first-order valence-corrected chi connectivity index (χ1v) is 14.7. The van der Waals surface area contributed by atoms with Crippen molar-refractivity contribution in [1.29, 1.82) is 0 Å². The van der Waals surface area contributed by atoms with Gasteiger partial charge in [-0.05, 0) is 43.7 Å². The summed E-state index contributed by atoms with van der Waals surface area (Å²) in [5.74, 6) is -8.43. The number of imide groups is 2. The van der Waals surface area contributed by atoms with E-state index < -0.39 is 65.2 Å². The zero-order valence-corrected chi connectivity index (χ0v) is 24.4. The molecule has 5 rings (SSSR count). The fourth-order valence-corrected chi connectivity index (χ4v) is 7.73. The van der Waals surface area contributed by atoms with Crippen LogP contribution in [0.2, 0.25) is 0 Å². The van der Waals surface area contributed by atoms with Crippen molar-refractivity contribution in [3.63, 3.8) is 0 Å². The Kier molecular flexibility index (Phi) is 8.15. The number of carbonyl (C=O) groups is 6. The predicted octanol–water partition coefficient (Wildman–Crippen LogP) is 2.53. The molecule has 4 aliphatic rings. The van der Waals surface area contributed by atoms with Crippen molar-refractivity contribution in [2.45, 2.75) is 44.4 Å². The molecule has 2 saturated heterocycles. The van der Waals surface area contributed by atoms with Crippen molar-refractivity contribution in [2.24, 2.45) is 29.6 Å². The van der Waals surface area contributed by atoms with Crippen LogP contribution in [0, 0.1) is 29.6 Å². The van der Waals surface area contributed by atoms with Gasteiger partial charge in [0.2, 0.25) is 23.6 Å². The highest BCUT2D eigenvalue weighted by atomic mass is 79.9. The monoisotopic (exact) mass is 646 g/mol. The zero-order chi connectivity index (χ0) is 30.5. The van der Waals surface area contributed by atoms with Gasteiger partial charge in [-0.25, -0.2) is 0 Å². The molecule has 0 bridgehead atoms. The van der Waals surface area contributed by atoms with Crippen LogP contribution in [0.1, 0.15) is 50.0 Å². The van der Waals surface area contributed by atoms with E-state index in [4.69, 9.17) is 14.9 Å². The maximum atomic E-state index is 13.8. The lowest BCUT2D eigenvalue weighted by atomic mass is 9.57. The molecule has 6 unspecified atom stereocenters. The van der Waals surface area contributed by atoms with E-state index in [1.165, 1.54) is 7.11 Å². The number of methoxy groups -OCH3 is 1. The van der Waals surface area contributed by atoms with Crippen molar-refractivity contribution in [1.82, 2.24) is 9.80 Å². The summed E-state index contributed by atoms with van der Waals surface area (Å²) >= 11 is 3.43. The lowest BCUT2D eigenvalue weighted by Gasteiger charge is -2.44. The number of fused-ring (bicyclic) bond motifs is 4. The summed E-state index contributed by atoms with van der Waals surface area (Å²) < 4.78 is 5.92. The van der Waals surface area contributed by atoms with Crippen LogP contribution in [0.5, 0.6) is 11.5 Å². The SMILES string of the molecule is COc1cc(Br)cc(C2C3=CCC4C(=O)N(CCCC(=O)O)C(=O)C4C3CC3C(=O)N(CCCC(=O)O)C(=O)C32)c1O. The van der Waals surface area contributed by atoms with Crippen LogP contribution in [-0.4, -0.2) is 80.9 Å². The van der Waals surface area contributed by atoms with Gasteiger partial charge in [0.05, 0.1) is 30.8 Å². The molecule has 0 aromatic heterocycles. The maximum Gasteiger partial charge on any atom is 0.303 e. The number of carbonyl (C=O) groups excluding carboxylic acids is 4. The summed E-state index contributed by atoms with van der Waals surface area (Å²) in [4.78, 5) is 78.8. The molecular weight excluding hydrogens is 616 g/mol. The summed E-state index contributed by atoms with van der Waals surface area (Å²) in [5, 5.41) is 29.3. The summed E-state index contributed by atoms with van der Waals surface area (Å²) in [5.41, 5.74) is 1.03. The minimum atomic E-state index is -1.05. The molecule has 1 aromatic carbocycles. The van der Waals surface area contributed by atoms with Gasteiger partial charge in [-0.2, -0.15) is 0 Å². The number of nitrogens with zero attached hydrogens (tertiary/aromatic N) is 2. The molecule has 3 N–H and O–H groups in total. The van der Waals surface area contributed by atoms with Crippen molar-refractivity contribution in [3.8, 4) is 11.5 Å². The van der Waals surface area contributed by atoms with Crippen molar-refractivity contribution >= 4 is 51.5 Å². The second-order valence-corrected chi connectivity index (χ2v) is 12.1. The number of hydrogen-bond acceptors (Lipinski definition) is 8.